The van der Waals surface area contributed by atoms with Crippen molar-refractivity contribution in [3.8, 4) is 6.07 Å². The Morgan fingerprint density at radius 1 is 1.15 bits per heavy atom. The van der Waals surface area contributed by atoms with Crippen molar-refractivity contribution in [2.24, 2.45) is 0 Å². The Kier molecular flexibility index (Phi) is 5.62. The van der Waals surface area contributed by atoms with Crippen LogP contribution in [0.1, 0.15) is 5.56 Å². The Balaban J connectivity index is 1.60. The second kappa shape index (κ2) is 8.28. The van der Waals surface area contributed by atoms with Crippen LogP contribution in [0.15, 0.2) is 60.3 Å². The second-order valence-corrected chi connectivity index (χ2v) is 6.59. The number of nitrogens with zero attached hydrogens (tertiary/aromatic N) is 3. The standard InChI is InChI=1S/C21H23N5O/c1-16-3-2-4-20(13-16)26-11-9-25(10-12-26)15-17(14-22)21(27)24-19-7-5-18(23)6-8-19/h2-8,13,15H,9-12,23H2,1H3,(H,24,27)/b17-15-. The number of hydrogen-bond donors (Lipinski definition) is 2. The van der Waals surface area contributed by atoms with E-state index in [2.05, 4.69) is 41.4 Å². The van der Waals surface area contributed by atoms with Crippen molar-refractivity contribution in [1.82, 2.24) is 4.90 Å². The summed E-state index contributed by atoms with van der Waals surface area (Å²) in [5.41, 5.74) is 9.41. The van der Waals surface area contributed by atoms with Gasteiger partial charge in [0.2, 0.25) is 0 Å². The largest absolute Gasteiger partial charge is 0.399 e. The monoisotopic (exact) mass is 361 g/mol. The predicted octanol–water partition coefficient (Wildman–Crippen LogP) is 2.75. The number of piperazine rings is 1. The van der Waals surface area contributed by atoms with Crippen molar-refractivity contribution < 1.29 is 4.79 Å². The quantitative estimate of drug-likeness (QED) is 0.497. The van der Waals surface area contributed by atoms with E-state index in [1.54, 1.807) is 30.5 Å². The number of nitriles is 1. The lowest BCUT2D eigenvalue weighted by atomic mass is 10.2. The predicted molar refractivity (Wildman–Crippen MR) is 108 cm³/mol. The van der Waals surface area contributed by atoms with E-state index < -0.39 is 5.91 Å². The molecule has 1 aliphatic heterocycles. The van der Waals surface area contributed by atoms with Crippen LogP contribution in [0.4, 0.5) is 17.1 Å². The van der Waals surface area contributed by atoms with E-state index in [9.17, 15) is 10.1 Å². The summed E-state index contributed by atoms with van der Waals surface area (Å²) in [4.78, 5) is 16.7. The average molecular weight is 361 g/mol. The van der Waals surface area contributed by atoms with Crippen LogP contribution in [0, 0.1) is 18.3 Å². The smallest absolute Gasteiger partial charge is 0.267 e. The zero-order valence-electron chi connectivity index (χ0n) is 15.4. The number of anilines is 3. The molecule has 0 atom stereocenters. The van der Waals surface area contributed by atoms with E-state index in [4.69, 9.17) is 5.73 Å². The number of aryl methyl sites for hydroxylation is 1. The summed E-state index contributed by atoms with van der Waals surface area (Å²) in [5.74, 6) is -0.414. The van der Waals surface area contributed by atoms with Crippen LogP contribution in [-0.4, -0.2) is 37.0 Å². The Morgan fingerprint density at radius 3 is 2.48 bits per heavy atom. The molecule has 1 amide bonds. The van der Waals surface area contributed by atoms with Gasteiger partial charge in [-0.25, -0.2) is 0 Å². The molecule has 1 aliphatic rings. The fraction of sp³-hybridized carbons (Fsp3) is 0.238. The summed E-state index contributed by atoms with van der Waals surface area (Å²) in [6, 6.07) is 17.3. The van der Waals surface area contributed by atoms with Gasteiger partial charge < -0.3 is 20.9 Å². The molecule has 1 fully saturated rings. The summed E-state index contributed by atoms with van der Waals surface area (Å²) in [6.45, 7) is 5.29. The number of hydrogen-bond acceptors (Lipinski definition) is 5. The summed E-state index contributed by atoms with van der Waals surface area (Å²) >= 11 is 0. The van der Waals surface area contributed by atoms with E-state index in [-0.39, 0.29) is 5.57 Å². The first-order chi connectivity index (χ1) is 13.0. The number of rotatable bonds is 4. The van der Waals surface area contributed by atoms with Crippen LogP contribution in [0.2, 0.25) is 0 Å². The highest BCUT2D eigenvalue weighted by Gasteiger charge is 2.18. The Hall–Kier alpha value is -3.46. The van der Waals surface area contributed by atoms with E-state index in [1.165, 1.54) is 11.3 Å². The lowest BCUT2D eigenvalue weighted by Gasteiger charge is -2.35. The van der Waals surface area contributed by atoms with Gasteiger partial charge >= 0.3 is 0 Å². The highest BCUT2D eigenvalue weighted by molar-refractivity contribution is 6.06. The third-order valence-corrected chi connectivity index (χ3v) is 4.53. The normalized spacial score (nSPS) is 14.6. The van der Waals surface area contributed by atoms with Crippen LogP contribution in [0.25, 0.3) is 0 Å². The lowest BCUT2D eigenvalue weighted by Crippen LogP contribution is -2.44. The molecular weight excluding hydrogens is 338 g/mol. The Morgan fingerprint density at radius 2 is 1.85 bits per heavy atom. The lowest BCUT2D eigenvalue weighted by molar-refractivity contribution is -0.112. The first-order valence-electron chi connectivity index (χ1n) is 8.89. The molecule has 2 aromatic rings. The van der Waals surface area contributed by atoms with Gasteiger partial charge in [0.05, 0.1) is 0 Å². The molecule has 3 N–H and O–H groups in total. The molecule has 6 nitrogen and oxygen atoms in total. The molecule has 2 aromatic carbocycles. The SMILES string of the molecule is Cc1cccc(N2CCN(/C=C(/C#N)C(=O)Nc3ccc(N)cc3)CC2)c1. The summed E-state index contributed by atoms with van der Waals surface area (Å²) < 4.78 is 0. The molecule has 1 saturated heterocycles. The van der Waals surface area contributed by atoms with Gasteiger partial charge in [-0.05, 0) is 48.9 Å². The van der Waals surface area contributed by atoms with Crippen LogP contribution in [0.3, 0.4) is 0 Å². The van der Waals surface area contributed by atoms with Crippen LogP contribution in [-0.2, 0) is 4.79 Å². The van der Waals surface area contributed by atoms with Gasteiger partial charge in [-0.2, -0.15) is 5.26 Å². The summed E-state index contributed by atoms with van der Waals surface area (Å²) in [5, 5.41) is 12.1. The highest BCUT2D eigenvalue weighted by atomic mass is 16.1. The zero-order valence-corrected chi connectivity index (χ0v) is 15.4. The van der Waals surface area contributed by atoms with Crippen molar-refractivity contribution >= 4 is 23.0 Å². The number of benzene rings is 2. The number of nitrogens with two attached hydrogens (primary N) is 1. The van der Waals surface area contributed by atoms with Gasteiger partial charge in [-0.15, -0.1) is 0 Å². The first-order valence-corrected chi connectivity index (χ1v) is 8.89. The zero-order chi connectivity index (χ0) is 19.2. The van der Waals surface area contributed by atoms with E-state index in [0.29, 0.717) is 11.4 Å². The topological polar surface area (TPSA) is 85.4 Å². The van der Waals surface area contributed by atoms with Gasteiger partial charge in [0, 0.05) is 49.4 Å². The first kappa shape index (κ1) is 18.3. The van der Waals surface area contributed by atoms with Crippen molar-refractivity contribution in [1.29, 1.82) is 5.26 Å². The van der Waals surface area contributed by atoms with Gasteiger partial charge in [0.25, 0.3) is 5.91 Å². The number of carbonyl (C=O) groups excluding carboxylic acids is 1. The van der Waals surface area contributed by atoms with Crippen molar-refractivity contribution in [3.63, 3.8) is 0 Å². The molecule has 0 bridgehead atoms. The maximum Gasteiger partial charge on any atom is 0.267 e. The second-order valence-electron chi connectivity index (χ2n) is 6.59. The molecule has 27 heavy (non-hydrogen) atoms. The summed E-state index contributed by atoms with van der Waals surface area (Å²) in [6.07, 6.45) is 1.65. The maximum atomic E-state index is 12.4. The Bertz CT molecular complexity index is 874. The number of amides is 1. The van der Waals surface area contributed by atoms with Crippen molar-refractivity contribution in [2.75, 3.05) is 42.1 Å². The molecular formula is C21H23N5O. The van der Waals surface area contributed by atoms with Crippen molar-refractivity contribution in [3.05, 3.63) is 65.9 Å². The molecule has 6 heteroatoms. The van der Waals surface area contributed by atoms with Gasteiger partial charge in [-0.3, -0.25) is 4.79 Å². The highest BCUT2D eigenvalue weighted by Crippen LogP contribution is 2.18. The molecule has 0 unspecified atom stereocenters. The van der Waals surface area contributed by atoms with Crippen LogP contribution in [0.5, 0.6) is 0 Å². The van der Waals surface area contributed by atoms with E-state index in [0.717, 1.165) is 26.2 Å². The fourth-order valence-electron chi connectivity index (χ4n) is 3.02. The number of nitrogen functional groups attached to an aromatic ring is 1. The third kappa shape index (κ3) is 4.79. The van der Waals surface area contributed by atoms with Crippen LogP contribution < -0.4 is 16.0 Å². The molecule has 0 aromatic heterocycles. The fourth-order valence-corrected chi connectivity index (χ4v) is 3.02. The van der Waals surface area contributed by atoms with Gasteiger partial charge in [0.1, 0.15) is 11.6 Å². The van der Waals surface area contributed by atoms with E-state index in [1.807, 2.05) is 11.0 Å². The minimum absolute atomic E-state index is 0.0934. The minimum Gasteiger partial charge on any atom is -0.399 e. The third-order valence-electron chi connectivity index (χ3n) is 4.53. The van der Waals surface area contributed by atoms with Crippen molar-refractivity contribution in [2.45, 2.75) is 6.92 Å². The molecule has 138 valence electrons. The number of carbonyl (C=O) groups is 1. The average Bonchev–Trinajstić information content (AvgIpc) is 2.68. The molecule has 3 rings (SSSR count). The minimum atomic E-state index is -0.414. The Labute approximate surface area is 159 Å². The molecule has 0 saturated carbocycles. The number of nitrogens with one attached hydrogen (secondary N) is 1. The summed E-state index contributed by atoms with van der Waals surface area (Å²) in [7, 11) is 0. The van der Waals surface area contributed by atoms with Gasteiger partial charge in [0.15, 0.2) is 0 Å². The molecule has 0 aliphatic carbocycles. The maximum absolute atomic E-state index is 12.4. The molecule has 0 radical (unpaired) electrons. The van der Waals surface area contributed by atoms with E-state index >= 15 is 0 Å². The molecule has 1 heterocycles. The van der Waals surface area contributed by atoms with Crippen LogP contribution >= 0.6 is 0 Å². The van der Waals surface area contributed by atoms with Gasteiger partial charge in [-0.1, -0.05) is 12.1 Å². The molecule has 0 spiro atoms.